The number of anilines is 2. The lowest BCUT2D eigenvalue weighted by Gasteiger charge is -2.06. The second kappa shape index (κ2) is 6.97. The Morgan fingerprint density at radius 3 is 2.91 bits per heavy atom. The Labute approximate surface area is 124 Å². The SMILES string of the molecule is Cn1ncnc1CCNc1nc(N)nc2nc[nH]c12.O=CO. The van der Waals surface area contributed by atoms with Crippen LogP contribution in [0.1, 0.15) is 5.82 Å². The molecule has 116 valence electrons. The van der Waals surface area contributed by atoms with Crippen molar-refractivity contribution in [2.75, 3.05) is 17.6 Å². The number of carbonyl (C=O) groups is 1. The van der Waals surface area contributed by atoms with Crippen LogP contribution in [0.25, 0.3) is 11.2 Å². The number of rotatable bonds is 4. The fourth-order valence-corrected chi connectivity index (χ4v) is 1.82. The van der Waals surface area contributed by atoms with E-state index in [1.54, 1.807) is 11.0 Å². The molecule has 3 rings (SSSR count). The molecule has 0 radical (unpaired) electrons. The second-order valence-corrected chi connectivity index (χ2v) is 4.11. The van der Waals surface area contributed by atoms with E-state index < -0.39 is 0 Å². The molecule has 3 heterocycles. The number of hydrogen-bond donors (Lipinski definition) is 4. The first-order valence-corrected chi connectivity index (χ1v) is 6.27. The van der Waals surface area contributed by atoms with Gasteiger partial charge in [-0.05, 0) is 0 Å². The molecule has 0 spiro atoms. The van der Waals surface area contributed by atoms with E-state index in [9.17, 15) is 0 Å². The van der Waals surface area contributed by atoms with Crippen molar-refractivity contribution in [1.29, 1.82) is 0 Å². The van der Waals surface area contributed by atoms with Gasteiger partial charge in [-0.1, -0.05) is 0 Å². The van der Waals surface area contributed by atoms with Gasteiger partial charge in [0.25, 0.3) is 6.47 Å². The lowest BCUT2D eigenvalue weighted by molar-refractivity contribution is -0.122. The molecule has 5 N–H and O–H groups in total. The first kappa shape index (κ1) is 15.2. The van der Waals surface area contributed by atoms with Gasteiger partial charge in [-0.15, -0.1) is 0 Å². The van der Waals surface area contributed by atoms with Gasteiger partial charge in [0.1, 0.15) is 17.7 Å². The van der Waals surface area contributed by atoms with Gasteiger partial charge in [-0.25, -0.2) is 9.97 Å². The van der Waals surface area contributed by atoms with E-state index in [0.717, 1.165) is 17.8 Å². The molecule has 0 bridgehead atoms. The molecule has 0 aromatic carbocycles. The molecule has 0 fully saturated rings. The number of nitrogens with one attached hydrogen (secondary N) is 2. The number of imidazole rings is 1. The largest absolute Gasteiger partial charge is 0.483 e. The van der Waals surface area contributed by atoms with Crippen molar-refractivity contribution in [3.8, 4) is 0 Å². The maximum absolute atomic E-state index is 8.36. The van der Waals surface area contributed by atoms with Crippen LogP contribution in [0.5, 0.6) is 0 Å². The summed E-state index contributed by atoms with van der Waals surface area (Å²) in [6.45, 7) is 0.414. The van der Waals surface area contributed by atoms with E-state index in [1.165, 1.54) is 6.33 Å². The quantitative estimate of drug-likeness (QED) is 0.462. The van der Waals surface area contributed by atoms with Crippen molar-refractivity contribution >= 4 is 29.4 Å². The smallest absolute Gasteiger partial charge is 0.290 e. The lowest BCUT2D eigenvalue weighted by Crippen LogP contribution is -2.11. The average Bonchev–Trinajstić information content (AvgIpc) is 3.09. The predicted molar refractivity (Wildman–Crippen MR) is 78.0 cm³/mol. The van der Waals surface area contributed by atoms with Crippen LogP contribution >= 0.6 is 0 Å². The second-order valence-electron chi connectivity index (χ2n) is 4.11. The molecule has 0 saturated heterocycles. The summed E-state index contributed by atoms with van der Waals surface area (Å²) < 4.78 is 1.74. The van der Waals surface area contributed by atoms with E-state index in [0.29, 0.717) is 18.0 Å². The number of aromatic nitrogens is 7. The molecule has 0 atom stereocenters. The molecule has 3 aromatic rings. The van der Waals surface area contributed by atoms with Crippen LogP contribution in [-0.2, 0) is 18.3 Å². The third kappa shape index (κ3) is 3.45. The molecule has 0 aliphatic carbocycles. The van der Waals surface area contributed by atoms with Crippen LogP contribution in [-0.4, -0.2) is 52.8 Å². The van der Waals surface area contributed by atoms with E-state index >= 15 is 0 Å². The number of aryl methyl sites for hydroxylation is 1. The highest BCUT2D eigenvalue weighted by molar-refractivity contribution is 5.83. The molecule has 11 nitrogen and oxygen atoms in total. The monoisotopic (exact) mass is 305 g/mol. The van der Waals surface area contributed by atoms with Crippen molar-refractivity contribution in [3.63, 3.8) is 0 Å². The number of nitrogens with zero attached hydrogens (tertiary/aromatic N) is 6. The molecule has 0 amide bonds. The zero-order valence-corrected chi connectivity index (χ0v) is 11.8. The summed E-state index contributed by atoms with van der Waals surface area (Å²) >= 11 is 0. The van der Waals surface area contributed by atoms with Crippen molar-refractivity contribution < 1.29 is 9.90 Å². The van der Waals surface area contributed by atoms with Crippen LogP contribution in [0, 0.1) is 0 Å². The summed E-state index contributed by atoms with van der Waals surface area (Å²) in [6.07, 6.45) is 3.83. The highest BCUT2D eigenvalue weighted by Gasteiger charge is 2.08. The molecular formula is C11H15N9O2. The summed E-state index contributed by atoms with van der Waals surface area (Å²) in [4.78, 5) is 27.7. The minimum atomic E-state index is -0.250. The standard InChI is InChI=1S/C10H13N9.CH2O2/c1-19-6(13-5-16-19)2-3-12-8-7-9(15-4-14-7)18-10(11)17-8;2-1-3/h4-5H,2-3H2,1H3,(H4,11,12,14,15,17,18);1H,(H,2,3). The van der Waals surface area contributed by atoms with Gasteiger partial charge in [0.15, 0.2) is 11.5 Å². The summed E-state index contributed by atoms with van der Waals surface area (Å²) in [5.74, 6) is 1.73. The number of nitrogens with two attached hydrogens (primary N) is 1. The number of H-pyrrole nitrogens is 1. The Hall–Kier alpha value is -3.24. The van der Waals surface area contributed by atoms with E-state index in [-0.39, 0.29) is 12.4 Å². The van der Waals surface area contributed by atoms with Gasteiger partial charge in [-0.3, -0.25) is 9.48 Å². The Morgan fingerprint density at radius 1 is 1.45 bits per heavy atom. The van der Waals surface area contributed by atoms with Crippen LogP contribution in [0.4, 0.5) is 11.8 Å². The Bertz CT molecular complexity index is 751. The van der Waals surface area contributed by atoms with Crippen molar-refractivity contribution in [2.24, 2.45) is 7.05 Å². The zero-order chi connectivity index (χ0) is 15.9. The topological polar surface area (TPSA) is 161 Å². The van der Waals surface area contributed by atoms with Gasteiger partial charge in [-0.2, -0.15) is 15.1 Å². The first-order valence-electron chi connectivity index (χ1n) is 6.27. The molecular weight excluding hydrogens is 290 g/mol. The van der Waals surface area contributed by atoms with Crippen LogP contribution < -0.4 is 11.1 Å². The third-order valence-electron chi connectivity index (χ3n) is 2.75. The zero-order valence-electron chi connectivity index (χ0n) is 11.8. The Morgan fingerprint density at radius 2 is 2.23 bits per heavy atom. The van der Waals surface area contributed by atoms with Crippen molar-refractivity contribution in [2.45, 2.75) is 6.42 Å². The fraction of sp³-hybridized carbons (Fsp3) is 0.273. The van der Waals surface area contributed by atoms with Crippen LogP contribution in [0.3, 0.4) is 0 Å². The summed E-state index contributed by atoms with van der Waals surface area (Å²) in [6, 6.07) is 0. The Balaban J connectivity index is 0.000000545. The van der Waals surface area contributed by atoms with Gasteiger partial charge < -0.3 is 21.1 Å². The number of hydrogen-bond acceptors (Lipinski definition) is 8. The molecule has 11 heteroatoms. The van der Waals surface area contributed by atoms with Crippen molar-refractivity contribution in [3.05, 3.63) is 18.5 Å². The number of nitrogen functional groups attached to an aromatic ring is 1. The van der Waals surface area contributed by atoms with Crippen molar-refractivity contribution in [1.82, 2.24) is 34.7 Å². The molecule has 0 aliphatic rings. The number of fused-ring (bicyclic) bond motifs is 1. The highest BCUT2D eigenvalue weighted by atomic mass is 16.3. The van der Waals surface area contributed by atoms with E-state index in [1.807, 2.05) is 7.05 Å². The summed E-state index contributed by atoms with van der Waals surface area (Å²) in [5, 5.41) is 14.1. The normalized spacial score (nSPS) is 10.0. The molecule has 0 aliphatic heterocycles. The predicted octanol–water partition coefficient (Wildman–Crippen LogP) is -0.581. The maximum atomic E-state index is 8.36. The maximum Gasteiger partial charge on any atom is 0.290 e. The average molecular weight is 305 g/mol. The number of aromatic amines is 1. The van der Waals surface area contributed by atoms with Gasteiger partial charge in [0.05, 0.1) is 6.33 Å². The minimum absolute atomic E-state index is 0.195. The molecule has 0 saturated carbocycles. The highest BCUT2D eigenvalue weighted by Crippen LogP contribution is 2.16. The van der Waals surface area contributed by atoms with Gasteiger partial charge in [0.2, 0.25) is 5.95 Å². The number of carboxylic acid groups (broad SMARTS) is 1. The minimum Gasteiger partial charge on any atom is -0.483 e. The van der Waals surface area contributed by atoms with E-state index in [4.69, 9.17) is 15.6 Å². The third-order valence-corrected chi connectivity index (χ3v) is 2.75. The van der Waals surface area contributed by atoms with E-state index in [2.05, 4.69) is 35.3 Å². The first-order chi connectivity index (χ1) is 10.7. The summed E-state index contributed by atoms with van der Waals surface area (Å²) in [7, 11) is 1.86. The van der Waals surface area contributed by atoms with Crippen LogP contribution in [0.15, 0.2) is 12.7 Å². The lowest BCUT2D eigenvalue weighted by atomic mass is 10.4. The summed E-state index contributed by atoms with van der Waals surface area (Å²) in [5.41, 5.74) is 6.92. The molecule has 3 aromatic heterocycles. The van der Waals surface area contributed by atoms with Gasteiger partial charge >= 0.3 is 0 Å². The fourth-order valence-electron chi connectivity index (χ4n) is 1.82. The van der Waals surface area contributed by atoms with Gasteiger partial charge in [0, 0.05) is 20.0 Å². The molecule has 22 heavy (non-hydrogen) atoms. The van der Waals surface area contributed by atoms with Crippen LogP contribution in [0.2, 0.25) is 0 Å². The Kier molecular flexibility index (Phi) is 4.80. The molecule has 0 unspecified atom stereocenters.